The van der Waals surface area contributed by atoms with Crippen LogP contribution in [0.3, 0.4) is 0 Å². The largest absolute Gasteiger partial charge is 0.417 e. The Kier molecular flexibility index (Phi) is 3.42. The van der Waals surface area contributed by atoms with E-state index in [1.807, 2.05) is 0 Å². The molecule has 5 heteroatoms. The number of alkyl halides is 3. The van der Waals surface area contributed by atoms with E-state index in [0.717, 1.165) is 6.07 Å². The standard InChI is InChI=1S/C11H7F3N2/c12-11(13,14)9-5-3-6-10(16)8(9)4-1-2-7-15/h3,5-6H,2,16H2. The number of anilines is 1. The molecule has 0 aromatic heterocycles. The molecular weight excluding hydrogens is 217 g/mol. The minimum Gasteiger partial charge on any atom is -0.398 e. The van der Waals surface area contributed by atoms with Crippen LogP contribution in [0, 0.1) is 23.2 Å². The molecule has 0 unspecified atom stereocenters. The second-order valence-electron chi connectivity index (χ2n) is 2.90. The van der Waals surface area contributed by atoms with Gasteiger partial charge in [-0.15, -0.1) is 0 Å². The molecule has 0 saturated heterocycles. The smallest absolute Gasteiger partial charge is 0.398 e. The van der Waals surface area contributed by atoms with Crippen molar-refractivity contribution in [1.29, 1.82) is 5.26 Å². The summed E-state index contributed by atoms with van der Waals surface area (Å²) in [6, 6.07) is 5.18. The first kappa shape index (κ1) is 11.9. The van der Waals surface area contributed by atoms with Crippen LogP contribution in [0.1, 0.15) is 17.5 Å². The van der Waals surface area contributed by atoms with Crippen LogP contribution in [0.2, 0.25) is 0 Å². The molecule has 1 aromatic carbocycles. The van der Waals surface area contributed by atoms with Crippen LogP contribution in [-0.2, 0) is 6.18 Å². The van der Waals surface area contributed by atoms with Crippen molar-refractivity contribution in [2.75, 3.05) is 5.73 Å². The van der Waals surface area contributed by atoms with Crippen LogP contribution < -0.4 is 5.73 Å². The topological polar surface area (TPSA) is 49.8 Å². The summed E-state index contributed by atoms with van der Waals surface area (Å²) in [5.74, 6) is 4.59. The fourth-order valence-corrected chi connectivity index (χ4v) is 1.12. The van der Waals surface area contributed by atoms with Gasteiger partial charge in [-0.2, -0.15) is 18.4 Å². The highest BCUT2D eigenvalue weighted by Gasteiger charge is 2.33. The van der Waals surface area contributed by atoms with Crippen molar-refractivity contribution in [3.8, 4) is 17.9 Å². The molecule has 0 aliphatic carbocycles. The molecule has 0 radical (unpaired) electrons. The molecule has 0 aliphatic rings. The average molecular weight is 224 g/mol. The maximum absolute atomic E-state index is 12.5. The molecule has 82 valence electrons. The monoisotopic (exact) mass is 224 g/mol. The highest BCUT2D eigenvalue weighted by atomic mass is 19.4. The van der Waals surface area contributed by atoms with Crippen LogP contribution in [0.25, 0.3) is 0 Å². The molecule has 0 spiro atoms. The molecule has 0 saturated carbocycles. The first-order valence-corrected chi connectivity index (χ1v) is 4.28. The van der Waals surface area contributed by atoms with Crippen LogP contribution in [0.15, 0.2) is 18.2 Å². The molecule has 2 N–H and O–H groups in total. The summed E-state index contributed by atoms with van der Waals surface area (Å²) in [6.45, 7) is 0. The van der Waals surface area contributed by atoms with E-state index in [9.17, 15) is 13.2 Å². The molecule has 0 atom stereocenters. The first-order chi connectivity index (χ1) is 7.46. The number of benzene rings is 1. The number of rotatable bonds is 0. The summed E-state index contributed by atoms with van der Waals surface area (Å²) in [5.41, 5.74) is 4.22. The minimum absolute atomic E-state index is 0.0414. The second-order valence-corrected chi connectivity index (χ2v) is 2.90. The third-order valence-electron chi connectivity index (χ3n) is 1.78. The molecule has 0 bridgehead atoms. The number of nitrogens with zero attached hydrogens (tertiary/aromatic N) is 1. The zero-order chi connectivity index (χ0) is 12.2. The third kappa shape index (κ3) is 2.68. The molecule has 0 aliphatic heterocycles. The minimum atomic E-state index is -4.49. The van der Waals surface area contributed by atoms with Gasteiger partial charge in [0.1, 0.15) is 0 Å². The number of nitrogen functional groups attached to an aromatic ring is 1. The fourth-order valence-electron chi connectivity index (χ4n) is 1.12. The molecule has 16 heavy (non-hydrogen) atoms. The number of nitrogens with two attached hydrogens (primary N) is 1. The molecular formula is C11H7F3N2. The molecule has 1 aromatic rings. The lowest BCUT2D eigenvalue weighted by molar-refractivity contribution is -0.137. The van der Waals surface area contributed by atoms with Crippen LogP contribution in [0.5, 0.6) is 0 Å². The summed E-state index contributed by atoms with van der Waals surface area (Å²) in [5, 5.41) is 8.24. The average Bonchev–Trinajstić information content (AvgIpc) is 2.19. The lowest BCUT2D eigenvalue weighted by Gasteiger charge is -2.10. The van der Waals surface area contributed by atoms with Crippen molar-refractivity contribution < 1.29 is 13.2 Å². The zero-order valence-corrected chi connectivity index (χ0v) is 8.10. The lowest BCUT2D eigenvalue weighted by Crippen LogP contribution is -2.09. The van der Waals surface area contributed by atoms with Crippen molar-refractivity contribution in [1.82, 2.24) is 0 Å². The van der Waals surface area contributed by atoms with Gasteiger partial charge in [0.15, 0.2) is 0 Å². The number of halogens is 3. The van der Waals surface area contributed by atoms with E-state index in [1.165, 1.54) is 12.1 Å². The van der Waals surface area contributed by atoms with Crippen LogP contribution in [0.4, 0.5) is 18.9 Å². The van der Waals surface area contributed by atoms with Gasteiger partial charge in [-0.05, 0) is 12.1 Å². The van der Waals surface area contributed by atoms with E-state index in [4.69, 9.17) is 11.0 Å². The van der Waals surface area contributed by atoms with Crippen molar-refractivity contribution in [2.24, 2.45) is 0 Å². The van der Waals surface area contributed by atoms with Crippen molar-refractivity contribution in [3.05, 3.63) is 29.3 Å². The van der Waals surface area contributed by atoms with Gasteiger partial charge in [-0.1, -0.05) is 17.9 Å². The highest BCUT2D eigenvalue weighted by molar-refractivity contribution is 5.60. The normalized spacial score (nSPS) is 10.1. The third-order valence-corrected chi connectivity index (χ3v) is 1.78. The summed E-state index contributed by atoms with van der Waals surface area (Å²) in [7, 11) is 0. The Labute approximate surface area is 90.5 Å². The Bertz CT molecular complexity index is 487. The van der Waals surface area contributed by atoms with E-state index in [2.05, 4.69) is 11.8 Å². The Morgan fingerprint density at radius 2 is 2.00 bits per heavy atom. The Morgan fingerprint density at radius 3 is 2.56 bits per heavy atom. The van der Waals surface area contributed by atoms with Gasteiger partial charge < -0.3 is 5.73 Å². The van der Waals surface area contributed by atoms with Gasteiger partial charge in [0.05, 0.1) is 23.6 Å². The van der Waals surface area contributed by atoms with Gasteiger partial charge in [-0.25, -0.2) is 0 Å². The summed E-state index contributed by atoms with van der Waals surface area (Å²) in [6.07, 6.45) is -4.63. The summed E-state index contributed by atoms with van der Waals surface area (Å²) >= 11 is 0. The molecule has 0 fully saturated rings. The fraction of sp³-hybridized carbons (Fsp3) is 0.182. The van der Waals surface area contributed by atoms with E-state index < -0.39 is 11.7 Å². The number of nitriles is 1. The van der Waals surface area contributed by atoms with E-state index >= 15 is 0 Å². The van der Waals surface area contributed by atoms with Gasteiger partial charge in [0, 0.05) is 5.69 Å². The highest BCUT2D eigenvalue weighted by Crippen LogP contribution is 2.33. The van der Waals surface area contributed by atoms with Gasteiger partial charge in [0.25, 0.3) is 0 Å². The van der Waals surface area contributed by atoms with E-state index in [1.54, 1.807) is 6.07 Å². The summed E-state index contributed by atoms with van der Waals surface area (Å²) in [4.78, 5) is 0. The van der Waals surface area contributed by atoms with Gasteiger partial charge in [0.2, 0.25) is 0 Å². The van der Waals surface area contributed by atoms with Crippen LogP contribution in [-0.4, -0.2) is 0 Å². The van der Waals surface area contributed by atoms with Gasteiger partial charge >= 0.3 is 6.18 Å². The van der Waals surface area contributed by atoms with E-state index in [0.29, 0.717) is 0 Å². The quantitative estimate of drug-likeness (QED) is 0.543. The number of hydrogen-bond donors (Lipinski definition) is 1. The van der Waals surface area contributed by atoms with E-state index in [-0.39, 0.29) is 17.7 Å². The summed E-state index contributed by atoms with van der Waals surface area (Å²) < 4.78 is 37.6. The number of hydrogen-bond acceptors (Lipinski definition) is 2. The molecule has 2 nitrogen and oxygen atoms in total. The molecule has 0 heterocycles. The zero-order valence-electron chi connectivity index (χ0n) is 8.10. The Morgan fingerprint density at radius 1 is 1.31 bits per heavy atom. The Balaban J connectivity index is 3.28. The van der Waals surface area contributed by atoms with Crippen molar-refractivity contribution in [3.63, 3.8) is 0 Å². The predicted molar refractivity (Wildman–Crippen MR) is 53.0 cm³/mol. The van der Waals surface area contributed by atoms with Crippen molar-refractivity contribution in [2.45, 2.75) is 12.6 Å². The molecule has 1 rings (SSSR count). The molecule has 0 amide bonds. The van der Waals surface area contributed by atoms with Crippen LogP contribution >= 0.6 is 0 Å². The van der Waals surface area contributed by atoms with Gasteiger partial charge in [-0.3, -0.25) is 0 Å². The lowest BCUT2D eigenvalue weighted by atomic mass is 10.1. The van der Waals surface area contributed by atoms with Crippen molar-refractivity contribution >= 4 is 5.69 Å². The Hall–Kier alpha value is -2.14. The maximum Gasteiger partial charge on any atom is 0.417 e. The second kappa shape index (κ2) is 4.59. The predicted octanol–water partition coefficient (Wildman–Crippen LogP) is 2.55. The SMILES string of the molecule is N#CCC#Cc1c(N)cccc1C(F)(F)F. The first-order valence-electron chi connectivity index (χ1n) is 4.28. The maximum atomic E-state index is 12.5.